The number of carbonyl (C=O) groups is 1. The van der Waals surface area contributed by atoms with Crippen molar-refractivity contribution in [3.05, 3.63) is 88.8 Å². The maximum Gasteiger partial charge on any atom is 0.323 e. The van der Waals surface area contributed by atoms with Gasteiger partial charge in [0.15, 0.2) is 0 Å². The lowest BCUT2D eigenvalue weighted by Gasteiger charge is -2.09. The van der Waals surface area contributed by atoms with Crippen LogP contribution >= 0.6 is 0 Å². The summed E-state index contributed by atoms with van der Waals surface area (Å²) in [7, 11) is 1.79. The Balaban J connectivity index is 1.64. The Bertz CT molecular complexity index is 1220. The number of rotatable bonds is 3. The molecule has 1 heterocycles. The summed E-state index contributed by atoms with van der Waals surface area (Å²) in [6, 6.07) is 22.4. The number of benzene rings is 3. The fourth-order valence-electron chi connectivity index (χ4n) is 3.31. The number of amides is 2. The highest BCUT2D eigenvalue weighted by atomic mass is 16.2. The molecule has 4 rings (SSSR count). The van der Waals surface area contributed by atoms with E-state index in [9.17, 15) is 9.59 Å². The molecule has 0 unspecified atom stereocenters. The van der Waals surface area contributed by atoms with E-state index in [1.165, 1.54) is 4.68 Å². The summed E-state index contributed by atoms with van der Waals surface area (Å²) < 4.78 is 3.26. The molecule has 4 aromatic rings. The van der Waals surface area contributed by atoms with Gasteiger partial charge in [0.05, 0.1) is 17.1 Å². The molecule has 0 bridgehead atoms. The number of hydrogen-bond acceptors (Lipinski definition) is 2. The van der Waals surface area contributed by atoms with E-state index in [4.69, 9.17) is 0 Å². The van der Waals surface area contributed by atoms with Crippen molar-refractivity contribution in [3.63, 3.8) is 0 Å². The van der Waals surface area contributed by atoms with Crippen molar-refractivity contribution in [2.45, 2.75) is 6.92 Å². The van der Waals surface area contributed by atoms with Crippen molar-refractivity contribution in [2.24, 2.45) is 7.05 Å². The van der Waals surface area contributed by atoms with E-state index >= 15 is 0 Å². The second kappa shape index (κ2) is 7.08. The van der Waals surface area contributed by atoms with Crippen molar-refractivity contribution < 1.29 is 4.79 Å². The highest BCUT2D eigenvalue weighted by Gasteiger charge is 2.18. The number of nitrogens with one attached hydrogen (secondary N) is 2. The summed E-state index contributed by atoms with van der Waals surface area (Å²) in [5.41, 5.74) is 2.07. The van der Waals surface area contributed by atoms with E-state index < -0.39 is 6.03 Å². The standard InChI is InChI=1S/C22H20N4O2/c1-15-20(21(27)26(25(15)2)17-11-4-3-5-12-17)24-22(28)23-19-14-8-10-16-9-6-7-13-18(16)19/h3-14H,1-2H3,(H2,23,24,28). The maximum absolute atomic E-state index is 12.9. The number of anilines is 2. The minimum atomic E-state index is -0.456. The molecule has 1 aromatic heterocycles. The molecule has 0 saturated carbocycles. The normalized spacial score (nSPS) is 10.8. The fraction of sp³-hybridized carbons (Fsp3) is 0.0909. The average Bonchev–Trinajstić information content (AvgIpc) is 2.92. The summed E-state index contributed by atoms with van der Waals surface area (Å²) >= 11 is 0. The van der Waals surface area contributed by atoms with Gasteiger partial charge in [0.1, 0.15) is 5.69 Å². The van der Waals surface area contributed by atoms with Crippen LogP contribution in [0.1, 0.15) is 5.69 Å². The third kappa shape index (κ3) is 3.05. The molecule has 0 aliphatic carbocycles. The van der Waals surface area contributed by atoms with Gasteiger partial charge in [-0.1, -0.05) is 54.6 Å². The van der Waals surface area contributed by atoms with Gasteiger partial charge in [-0.25, -0.2) is 9.48 Å². The fourth-order valence-corrected chi connectivity index (χ4v) is 3.31. The molecule has 6 heteroatoms. The van der Waals surface area contributed by atoms with Gasteiger partial charge in [0.25, 0.3) is 5.56 Å². The van der Waals surface area contributed by atoms with Crippen LogP contribution in [0, 0.1) is 6.92 Å². The van der Waals surface area contributed by atoms with Crippen LogP contribution in [0.5, 0.6) is 0 Å². The highest BCUT2D eigenvalue weighted by Crippen LogP contribution is 2.23. The van der Waals surface area contributed by atoms with Crippen LogP contribution in [0.4, 0.5) is 16.2 Å². The predicted molar refractivity (Wildman–Crippen MR) is 112 cm³/mol. The Labute approximate surface area is 162 Å². The largest absolute Gasteiger partial charge is 0.323 e. The first-order valence-corrected chi connectivity index (χ1v) is 8.96. The number of hydrogen-bond donors (Lipinski definition) is 2. The molecule has 28 heavy (non-hydrogen) atoms. The molecule has 0 radical (unpaired) electrons. The van der Waals surface area contributed by atoms with E-state index in [1.54, 1.807) is 18.7 Å². The van der Waals surface area contributed by atoms with Crippen molar-refractivity contribution >= 4 is 28.2 Å². The Kier molecular flexibility index (Phi) is 4.45. The first-order chi connectivity index (χ1) is 13.6. The summed E-state index contributed by atoms with van der Waals surface area (Å²) in [6.45, 7) is 1.80. The number of urea groups is 1. The van der Waals surface area contributed by atoms with Gasteiger partial charge in [0, 0.05) is 12.4 Å². The van der Waals surface area contributed by atoms with Crippen LogP contribution in [0.25, 0.3) is 16.5 Å². The van der Waals surface area contributed by atoms with E-state index in [0.717, 1.165) is 16.5 Å². The molecular weight excluding hydrogens is 352 g/mol. The number of fused-ring (bicyclic) bond motifs is 1. The summed E-state index contributed by atoms with van der Waals surface area (Å²) in [4.78, 5) is 25.5. The van der Waals surface area contributed by atoms with Crippen LogP contribution in [-0.4, -0.2) is 15.4 Å². The Morgan fingerprint density at radius 1 is 0.857 bits per heavy atom. The molecular formula is C22H20N4O2. The number of carbonyl (C=O) groups excluding carboxylic acids is 1. The molecule has 140 valence electrons. The molecule has 2 N–H and O–H groups in total. The van der Waals surface area contributed by atoms with Crippen LogP contribution in [-0.2, 0) is 7.05 Å². The third-order valence-electron chi connectivity index (χ3n) is 4.83. The molecule has 2 amide bonds. The lowest BCUT2D eigenvalue weighted by Crippen LogP contribution is -2.25. The molecule has 0 atom stereocenters. The van der Waals surface area contributed by atoms with Crippen LogP contribution < -0.4 is 16.2 Å². The van der Waals surface area contributed by atoms with E-state index in [-0.39, 0.29) is 11.2 Å². The van der Waals surface area contributed by atoms with Crippen molar-refractivity contribution in [3.8, 4) is 5.69 Å². The molecule has 0 aliphatic heterocycles. The second-order valence-electron chi connectivity index (χ2n) is 6.54. The zero-order chi connectivity index (χ0) is 19.7. The van der Waals surface area contributed by atoms with Gasteiger partial charge in [-0.05, 0) is 30.5 Å². The van der Waals surface area contributed by atoms with Crippen molar-refractivity contribution in [1.29, 1.82) is 0 Å². The first-order valence-electron chi connectivity index (χ1n) is 8.96. The minimum absolute atomic E-state index is 0.254. The second-order valence-corrected chi connectivity index (χ2v) is 6.54. The first kappa shape index (κ1) is 17.6. The maximum atomic E-state index is 12.9. The highest BCUT2D eigenvalue weighted by molar-refractivity contribution is 6.06. The summed E-state index contributed by atoms with van der Waals surface area (Å²) in [5, 5.41) is 7.53. The molecule has 0 fully saturated rings. The smallest absolute Gasteiger partial charge is 0.307 e. The average molecular weight is 372 g/mol. The van der Waals surface area contributed by atoms with Gasteiger partial charge < -0.3 is 10.6 Å². The quantitative estimate of drug-likeness (QED) is 0.564. The molecule has 6 nitrogen and oxygen atoms in total. The van der Waals surface area contributed by atoms with Gasteiger partial charge in [0.2, 0.25) is 0 Å². The van der Waals surface area contributed by atoms with Crippen LogP contribution in [0.2, 0.25) is 0 Å². The van der Waals surface area contributed by atoms with Gasteiger partial charge in [-0.2, -0.15) is 0 Å². The zero-order valence-electron chi connectivity index (χ0n) is 15.6. The summed E-state index contributed by atoms with van der Waals surface area (Å²) in [6.07, 6.45) is 0. The zero-order valence-corrected chi connectivity index (χ0v) is 15.6. The van der Waals surface area contributed by atoms with Crippen molar-refractivity contribution in [1.82, 2.24) is 9.36 Å². The van der Waals surface area contributed by atoms with E-state index in [1.807, 2.05) is 72.8 Å². The molecule has 3 aromatic carbocycles. The Morgan fingerprint density at radius 2 is 1.54 bits per heavy atom. The van der Waals surface area contributed by atoms with E-state index in [0.29, 0.717) is 11.4 Å². The molecule has 0 aliphatic rings. The minimum Gasteiger partial charge on any atom is -0.307 e. The van der Waals surface area contributed by atoms with Crippen molar-refractivity contribution in [2.75, 3.05) is 10.6 Å². The number of aromatic nitrogens is 2. The monoisotopic (exact) mass is 372 g/mol. The number of para-hydroxylation sites is 1. The van der Waals surface area contributed by atoms with Gasteiger partial charge in [-0.15, -0.1) is 0 Å². The summed E-state index contributed by atoms with van der Waals surface area (Å²) in [5.74, 6) is 0. The third-order valence-corrected chi connectivity index (χ3v) is 4.83. The Hall–Kier alpha value is -3.80. The van der Waals surface area contributed by atoms with Gasteiger partial charge in [-0.3, -0.25) is 9.48 Å². The van der Waals surface area contributed by atoms with Crippen LogP contribution in [0.15, 0.2) is 77.6 Å². The SMILES string of the molecule is Cc1c(NC(=O)Nc2cccc3ccccc23)c(=O)n(-c2ccccc2)n1C. The van der Waals surface area contributed by atoms with Crippen LogP contribution in [0.3, 0.4) is 0 Å². The Morgan fingerprint density at radius 3 is 2.32 bits per heavy atom. The lowest BCUT2D eigenvalue weighted by atomic mass is 10.1. The molecule has 0 saturated heterocycles. The predicted octanol–water partition coefficient (Wildman–Crippen LogP) is 4.28. The lowest BCUT2D eigenvalue weighted by molar-refractivity contribution is 0.262. The van der Waals surface area contributed by atoms with E-state index in [2.05, 4.69) is 10.6 Å². The topological polar surface area (TPSA) is 68.1 Å². The van der Waals surface area contributed by atoms with Gasteiger partial charge >= 0.3 is 6.03 Å². The molecule has 0 spiro atoms. The number of nitrogens with zero attached hydrogens (tertiary/aromatic N) is 2.